The lowest BCUT2D eigenvalue weighted by molar-refractivity contribution is -0.146. The summed E-state index contributed by atoms with van der Waals surface area (Å²) in [6, 6.07) is 0.277. The molecular formula is C13H19NO3. The Bertz CT molecular complexity index is 352. The Balaban J connectivity index is 1.45. The number of carbonyl (C=O) groups is 2. The smallest absolute Gasteiger partial charge is 0.308 e. The monoisotopic (exact) mass is 237 g/mol. The Morgan fingerprint density at radius 3 is 2.24 bits per heavy atom. The van der Waals surface area contributed by atoms with E-state index in [-0.39, 0.29) is 29.3 Å². The van der Waals surface area contributed by atoms with E-state index in [1.54, 1.807) is 0 Å². The average Bonchev–Trinajstić information content (AvgIpc) is 3.17. The molecule has 0 atom stereocenters. The van der Waals surface area contributed by atoms with Crippen LogP contribution in [-0.2, 0) is 14.3 Å². The lowest BCUT2D eigenvalue weighted by Gasteiger charge is -2.28. The summed E-state index contributed by atoms with van der Waals surface area (Å²) in [4.78, 5) is 23.3. The van der Waals surface area contributed by atoms with Gasteiger partial charge in [0.15, 0.2) is 0 Å². The van der Waals surface area contributed by atoms with Gasteiger partial charge in [-0.3, -0.25) is 9.59 Å². The molecule has 17 heavy (non-hydrogen) atoms. The average molecular weight is 237 g/mol. The van der Waals surface area contributed by atoms with Crippen molar-refractivity contribution < 1.29 is 14.3 Å². The molecule has 3 fully saturated rings. The number of ether oxygens (including phenoxy) is 1. The highest BCUT2D eigenvalue weighted by molar-refractivity contribution is 5.90. The minimum atomic E-state index is -0.0992. The molecule has 0 spiro atoms. The first-order chi connectivity index (χ1) is 8.15. The van der Waals surface area contributed by atoms with Crippen molar-refractivity contribution in [3.05, 3.63) is 0 Å². The Hall–Kier alpha value is -1.06. The van der Waals surface area contributed by atoms with Crippen molar-refractivity contribution in [2.24, 2.45) is 17.3 Å². The van der Waals surface area contributed by atoms with E-state index in [1.165, 1.54) is 7.11 Å². The van der Waals surface area contributed by atoms with Gasteiger partial charge in [0.2, 0.25) is 5.91 Å². The van der Waals surface area contributed by atoms with Crippen LogP contribution in [0.2, 0.25) is 0 Å². The third-order valence-electron chi connectivity index (χ3n) is 4.73. The van der Waals surface area contributed by atoms with Crippen LogP contribution in [0.4, 0.5) is 0 Å². The Morgan fingerprint density at radius 1 is 1.18 bits per heavy atom. The molecule has 0 radical (unpaired) electrons. The molecule has 0 aromatic carbocycles. The third-order valence-corrected chi connectivity index (χ3v) is 4.73. The predicted molar refractivity (Wildman–Crippen MR) is 61.1 cm³/mol. The second-order valence-electron chi connectivity index (χ2n) is 5.81. The van der Waals surface area contributed by atoms with E-state index in [4.69, 9.17) is 4.74 Å². The summed E-state index contributed by atoms with van der Waals surface area (Å²) in [6.07, 6.45) is 5.72. The molecule has 4 heteroatoms. The van der Waals surface area contributed by atoms with E-state index >= 15 is 0 Å². The number of fused-ring (bicyclic) bond motifs is 1. The molecule has 0 aliphatic heterocycles. The first kappa shape index (κ1) is 11.1. The topological polar surface area (TPSA) is 55.4 Å². The largest absolute Gasteiger partial charge is 0.469 e. The SMILES string of the molecule is COC(=O)C1CCC(NC(=O)C23CC2C3)CC1. The van der Waals surface area contributed by atoms with Crippen molar-refractivity contribution in [3.8, 4) is 0 Å². The Kier molecular flexibility index (Phi) is 2.42. The number of carbonyl (C=O) groups excluding carboxylic acids is 2. The van der Waals surface area contributed by atoms with E-state index in [0.29, 0.717) is 5.92 Å². The van der Waals surface area contributed by atoms with Crippen molar-refractivity contribution >= 4 is 11.9 Å². The highest BCUT2D eigenvalue weighted by Crippen LogP contribution is 2.75. The van der Waals surface area contributed by atoms with Gasteiger partial charge in [-0.1, -0.05) is 0 Å². The molecule has 0 heterocycles. The molecule has 0 bridgehead atoms. The van der Waals surface area contributed by atoms with Crippen LogP contribution in [0.1, 0.15) is 38.5 Å². The molecule has 3 saturated carbocycles. The highest BCUT2D eigenvalue weighted by atomic mass is 16.5. The zero-order valence-electron chi connectivity index (χ0n) is 10.2. The fraction of sp³-hybridized carbons (Fsp3) is 0.846. The first-order valence-corrected chi connectivity index (χ1v) is 6.54. The van der Waals surface area contributed by atoms with Gasteiger partial charge in [0, 0.05) is 6.04 Å². The maximum Gasteiger partial charge on any atom is 0.308 e. The quantitative estimate of drug-likeness (QED) is 0.751. The van der Waals surface area contributed by atoms with Crippen molar-refractivity contribution in [1.29, 1.82) is 0 Å². The fourth-order valence-electron chi connectivity index (χ4n) is 3.04. The summed E-state index contributed by atoms with van der Waals surface area (Å²) in [5, 5.41) is 3.15. The number of hydrogen-bond acceptors (Lipinski definition) is 3. The van der Waals surface area contributed by atoms with E-state index < -0.39 is 0 Å². The minimum absolute atomic E-state index is 0.0425. The van der Waals surface area contributed by atoms with E-state index in [9.17, 15) is 9.59 Å². The summed E-state index contributed by atoms with van der Waals surface area (Å²) in [5.74, 6) is 0.914. The van der Waals surface area contributed by atoms with Gasteiger partial charge in [-0.05, 0) is 44.4 Å². The summed E-state index contributed by atoms with van der Waals surface area (Å²) in [6.45, 7) is 0. The maximum atomic E-state index is 11.9. The number of hydrogen-bond donors (Lipinski definition) is 1. The molecule has 4 nitrogen and oxygen atoms in total. The molecule has 0 saturated heterocycles. The molecule has 0 aromatic rings. The predicted octanol–water partition coefficient (Wildman–Crippen LogP) is 1.24. The number of esters is 1. The molecular weight excluding hydrogens is 218 g/mol. The summed E-state index contributed by atoms with van der Waals surface area (Å²) in [7, 11) is 1.44. The van der Waals surface area contributed by atoms with E-state index in [0.717, 1.165) is 38.5 Å². The highest BCUT2D eigenvalue weighted by Gasteiger charge is 2.74. The second kappa shape index (κ2) is 3.72. The minimum Gasteiger partial charge on any atom is -0.469 e. The molecule has 1 amide bonds. The van der Waals surface area contributed by atoms with Crippen molar-refractivity contribution in [2.45, 2.75) is 44.6 Å². The van der Waals surface area contributed by atoms with Crippen LogP contribution in [0.3, 0.4) is 0 Å². The lowest BCUT2D eigenvalue weighted by Crippen LogP contribution is -2.40. The summed E-state index contributed by atoms with van der Waals surface area (Å²) in [5.41, 5.74) is 0.0686. The second-order valence-corrected chi connectivity index (χ2v) is 5.81. The zero-order chi connectivity index (χ0) is 12.0. The normalized spacial score (nSPS) is 42.3. The van der Waals surface area contributed by atoms with E-state index in [2.05, 4.69) is 5.32 Å². The number of methoxy groups -OCH3 is 1. The lowest BCUT2D eigenvalue weighted by atomic mass is 9.86. The molecule has 1 N–H and O–H groups in total. The van der Waals surface area contributed by atoms with Gasteiger partial charge >= 0.3 is 5.97 Å². The van der Waals surface area contributed by atoms with Crippen LogP contribution >= 0.6 is 0 Å². The van der Waals surface area contributed by atoms with Crippen molar-refractivity contribution in [3.63, 3.8) is 0 Å². The van der Waals surface area contributed by atoms with Gasteiger partial charge in [-0.2, -0.15) is 0 Å². The molecule has 3 aliphatic rings. The van der Waals surface area contributed by atoms with Crippen LogP contribution in [-0.4, -0.2) is 25.0 Å². The Labute approximate surface area is 101 Å². The van der Waals surface area contributed by atoms with Crippen molar-refractivity contribution in [2.75, 3.05) is 7.11 Å². The first-order valence-electron chi connectivity index (χ1n) is 6.54. The van der Waals surface area contributed by atoms with Crippen LogP contribution in [0.5, 0.6) is 0 Å². The summed E-state index contributed by atoms with van der Waals surface area (Å²) < 4.78 is 4.75. The summed E-state index contributed by atoms with van der Waals surface area (Å²) >= 11 is 0. The number of nitrogens with one attached hydrogen (secondary N) is 1. The molecule has 94 valence electrons. The van der Waals surface area contributed by atoms with Gasteiger partial charge in [0.25, 0.3) is 0 Å². The van der Waals surface area contributed by atoms with Gasteiger partial charge in [-0.25, -0.2) is 0 Å². The maximum absolute atomic E-state index is 11.9. The molecule has 0 unspecified atom stereocenters. The fourth-order valence-corrected chi connectivity index (χ4v) is 3.04. The number of rotatable bonds is 3. The van der Waals surface area contributed by atoms with Gasteiger partial charge in [-0.15, -0.1) is 0 Å². The van der Waals surface area contributed by atoms with Crippen LogP contribution < -0.4 is 5.32 Å². The van der Waals surface area contributed by atoms with Crippen LogP contribution in [0.15, 0.2) is 0 Å². The van der Waals surface area contributed by atoms with Gasteiger partial charge in [0.1, 0.15) is 0 Å². The third kappa shape index (κ3) is 1.83. The van der Waals surface area contributed by atoms with E-state index in [1.807, 2.05) is 0 Å². The Morgan fingerprint density at radius 2 is 1.76 bits per heavy atom. The molecule has 3 aliphatic carbocycles. The standard InChI is InChI=1S/C13H19NO3/c1-17-11(15)8-2-4-10(5-3-8)14-12(16)13-6-9(13)7-13/h8-10H,2-7H2,1H3,(H,14,16). The van der Waals surface area contributed by atoms with Crippen LogP contribution in [0.25, 0.3) is 0 Å². The van der Waals surface area contributed by atoms with Crippen LogP contribution in [0, 0.1) is 17.3 Å². The zero-order valence-corrected chi connectivity index (χ0v) is 10.2. The molecule has 3 rings (SSSR count). The number of amides is 1. The van der Waals surface area contributed by atoms with Gasteiger partial charge in [0.05, 0.1) is 18.4 Å². The molecule has 0 aromatic heterocycles. The van der Waals surface area contributed by atoms with Crippen molar-refractivity contribution in [1.82, 2.24) is 5.32 Å². The van der Waals surface area contributed by atoms with Gasteiger partial charge < -0.3 is 10.1 Å².